The van der Waals surface area contributed by atoms with E-state index < -0.39 is 0 Å². The molecule has 1 aliphatic heterocycles. The minimum atomic E-state index is 0.101. The molecule has 0 spiro atoms. The molecule has 2 amide bonds. The molecule has 0 aromatic heterocycles. The van der Waals surface area contributed by atoms with Crippen LogP contribution in [0, 0.1) is 11.8 Å². The molecule has 5 heteroatoms. The van der Waals surface area contributed by atoms with Crippen molar-refractivity contribution >= 4 is 17.5 Å². The van der Waals surface area contributed by atoms with Crippen molar-refractivity contribution in [1.82, 2.24) is 5.32 Å². The first-order chi connectivity index (χ1) is 12.6. The lowest BCUT2D eigenvalue weighted by Gasteiger charge is -2.19. The standard InChI is InChI=1S/C21H32N2O3/c1-4-7-17(8-5-2)21(25)22-14-16-13-20(24)23(15-16)18-9-11-19(12-10-18)26-6-3/h9-12,16-17H,4-8,13-15H2,1-3H3,(H,22,25). The van der Waals surface area contributed by atoms with Crippen LogP contribution in [0.15, 0.2) is 24.3 Å². The second-order valence-electron chi connectivity index (χ2n) is 7.02. The number of hydrogen-bond donors (Lipinski definition) is 1. The number of hydrogen-bond acceptors (Lipinski definition) is 3. The number of anilines is 1. The average molecular weight is 360 g/mol. The number of carbonyl (C=O) groups excluding carboxylic acids is 2. The Balaban J connectivity index is 1.87. The van der Waals surface area contributed by atoms with Crippen LogP contribution in [0.25, 0.3) is 0 Å². The second-order valence-corrected chi connectivity index (χ2v) is 7.02. The Bertz CT molecular complexity index is 579. The van der Waals surface area contributed by atoms with Crippen LogP contribution in [0.1, 0.15) is 52.9 Å². The summed E-state index contributed by atoms with van der Waals surface area (Å²) in [6.07, 6.45) is 4.39. The van der Waals surface area contributed by atoms with E-state index in [0.29, 0.717) is 26.1 Å². The van der Waals surface area contributed by atoms with Crippen molar-refractivity contribution in [1.29, 1.82) is 0 Å². The fraction of sp³-hybridized carbons (Fsp3) is 0.619. The first-order valence-corrected chi connectivity index (χ1v) is 9.89. The molecular weight excluding hydrogens is 328 g/mol. The Kier molecular flexibility index (Phi) is 7.95. The van der Waals surface area contributed by atoms with Gasteiger partial charge in [-0.25, -0.2) is 0 Å². The topological polar surface area (TPSA) is 58.6 Å². The van der Waals surface area contributed by atoms with Crippen LogP contribution in [0.4, 0.5) is 5.69 Å². The maximum Gasteiger partial charge on any atom is 0.227 e. The minimum Gasteiger partial charge on any atom is -0.494 e. The van der Waals surface area contributed by atoms with Crippen LogP contribution in [-0.2, 0) is 9.59 Å². The number of nitrogens with one attached hydrogen (secondary N) is 1. The van der Waals surface area contributed by atoms with Gasteiger partial charge in [0.1, 0.15) is 5.75 Å². The van der Waals surface area contributed by atoms with Crippen molar-refractivity contribution in [2.24, 2.45) is 11.8 Å². The normalized spacial score (nSPS) is 17.0. The van der Waals surface area contributed by atoms with E-state index in [4.69, 9.17) is 4.74 Å². The molecule has 1 heterocycles. The fourth-order valence-corrected chi connectivity index (χ4v) is 3.55. The van der Waals surface area contributed by atoms with E-state index in [-0.39, 0.29) is 23.7 Å². The predicted molar refractivity (Wildman–Crippen MR) is 104 cm³/mol. The zero-order chi connectivity index (χ0) is 18.9. The monoisotopic (exact) mass is 360 g/mol. The summed E-state index contributed by atoms with van der Waals surface area (Å²) in [6, 6.07) is 7.62. The lowest BCUT2D eigenvalue weighted by molar-refractivity contribution is -0.125. The van der Waals surface area contributed by atoms with Gasteiger partial charge in [0.15, 0.2) is 0 Å². The molecule has 1 fully saturated rings. The Morgan fingerprint density at radius 1 is 1.19 bits per heavy atom. The summed E-state index contributed by atoms with van der Waals surface area (Å²) in [4.78, 5) is 26.6. The molecule has 5 nitrogen and oxygen atoms in total. The molecule has 144 valence electrons. The molecule has 2 rings (SSSR count). The van der Waals surface area contributed by atoms with Gasteiger partial charge in [0.05, 0.1) is 6.61 Å². The number of ether oxygens (including phenoxy) is 1. The SMILES string of the molecule is CCCC(CCC)C(=O)NCC1CC(=O)N(c2ccc(OCC)cc2)C1. The predicted octanol–water partition coefficient (Wildman–Crippen LogP) is 3.77. The first-order valence-electron chi connectivity index (χ1n) is 9.89. The highest BCUT2D eigenvalue weighted by molar-refractivity contribution is 5.95. The third kappa shape index (κ3) is 5.48. The van der Waals surface area contributed by atoms with Crippen LogP contribution in [-0.4, -0.2) is 31.5 Å². The van der Waals surface area contributed by atoms with E-state index in [0.717, 1.165) is 37.1 Å². The van der Waals surface area contributed by atoms with Gasteiger partial charge in [-0.05, 0) is 44.0 Å². The van der Waals surface area contributed by atoms with Crippen LogP contribution < -0.4 is 15.0 Å². The van der Waals surface area contributed by atoms with Gasteiger partial charge < -0.3 is 15.0 Å². The van der Waals surface area contributed by atoms with Gasteiger partial charge in [0.25, 0.3) is 0 Å². The summed E-state index contributed by atoms with van der Waals surface area (Å²) in [6.45, 7) is 8.02. The summed E-state index contributed by atoms with van der Waals surface area (Å²) in [5.74, 6) is 1.34. The molecule has 1 unspecified atom stereocenters. The van der Waals surface area contributed by atoms with Crippen LogP contribution >= 0.6 is 0 Å². The van der Waals surface area contributed by atoms with E-state index in [1.165, 1.54) is 0 Å². The summed E-state index contributed by atoms with van der Waals surface area (Å²) in [5.41, 5.74) is 0.891. The highest BCUT2D eigenvalue weighted by Crippen LogP contribution is 2.26. The van der Waals surface area contributed by atoms with Gasteiger partial charge in [0.2, 0.25) is 11.8 Å². The van der Waals surface area contributed by atoms with E-state index in [9.17, 15) is 9.59 Å². The Hall–Kier alpha value is -2.04. The summed E-state index contributed by atoms with van der Waals surface area (Å²) in [5, 5.41) is 3.07. The van der Waals surface area contributed by atoms with E-state index >= 15 is 0 Å². The largest absolute Gasteiger partial charge is 0.494 e. The highest BCUT2D eigenvalue weighted by Gasteiger charge is 2.31. The number of carbonyl (C=O) groups is 2. The van der Waals surface area contributed by atoms with Gasteiger partial charge in [-0.2, -0.15) is 0 Å². The minimum absolute atomic E-state index is 0.101. The molecule has 0 aliphatic carbocycles. The van der Waals surface area contributed by atoms with Gasteiger partial charge in [-0.3, -0.25) is 9.59 Å². The third-order valence-electron chi connectivity index (χ3n) is 4.87. The molecule has 1 atom stereocenters. The molecule has 1 aromatic carbocycles. The Morgan fingerprint density at radius 3 is 2.42 bits per heavy atom. The molecule has 1 aliphatic rings. The molecule has 1 saturated heterocycles. The van der Waals surface area contributed by atoms with Crippen LogP contribution in [0.5, 0.6) is 5.75 Å². The summed E-state index contributed by atoms with van der Waals surface area (Å²) < 4.78 is 5.45. The Labute approximate surface area is 157 Å². The molecule has 26 heavy (non-hydrogen) atoms. The average Bonchev–Trinajstić information content (AvgIpc) is 3.01. The van der Waals surface area contributed by atoms with Gasteiger partial charge >= 0.3 is 0 Å². The maximum atomic E-state index is 12.4. The highest BCUT2D eigenvalue weighted by atomic mass is 16.5. The smallest absolute Gasteiger partial charge is 0.227 e. The van der Waals surface area contributed by atoms with Crippen LogP contribution in [0.3, 0.4) is 0 Å². The van der Waals surface area contributed by atoms with Gasteiger partial charge in [-0.15, -0.1) is 0 Å². The van der Waals surface area contributed by atoms with E-state index in [1.807, 2.05) is 36.1 Å². The summed E-state index contributed by atoms with van der Waals surface area (Å²) in [7, 11) is 0. The fourth-order valence-electron chi connectivity index (χ4n) is 3.55. The van der Waals surface area contributed by atoms with Crippen molar-refractivity contribution in [3.05, 3.63) is 24.3 Å². The molecule has 0 radical (unpaired) electrons. The van der Waals surface area contributed by atoms with Gasteiger partial charge in [0, 0.05) is 37.0 Å². The Morgan fingerprint density at radius 2 is 1.85 bits per heavy atom. The van der Waals surface area contributed by atoms with Crippen molar-refractivity contribution in [2.45, 2.75) is 52.9 Å². The van der Waals surface area contributed by atoms with Crippen molar-refractivity contribution < 1.29 is 14.3 Å². The van der Waals surface area contributed by atoms with Crippen molar-refractivity contribution in [3.8, 4) is 5.75 Å². The number of rotatable bonds is 10. The molecular formula is C21H32N2O3. The van der Waals surface area contributed by atoms with Gasteiger partial charge in [-0.1, -0.05) is 26.7 Å². The van der Waals surface area contributed by atoms with Crippen molar-refractivity contribution in [3.63, 3.8) is 0 Å². The lowest BCUT2D eigenvalue weighted by atomic mass is 9.97. The number of nitrogens with zero attached hydrogens (tertiary/aromatic N) is 1. The first kappa shape index (κ1) is 20.3. The van der Waals surface area contributed by atoms with Crippen molar-refractivity contribution in [2.75, 3.05) is 24.6 Å². The number of amides is 2. The third-order valence-corrected chi connectivity index (χ3v) is 4.87. The number of benzene rings is 1. The maximum absolute atomic E-state index is 12.4. The molecule has 1 aromatic rings. The second kappa shape index (κ2) is 10.2. The van der Waals surface area contributed by atoms with Crippen LogP contribution in [0.2, 0.25) is 0 Å². The lowest BCUT2D eigenvalue weighted by Crippen LogP contribution is -2.35. The zero-order valence-corrected chi connectivity index (χ0v) is 16.3. The molecule has 0 saturated carbocycles. The van der Waals surface area contributed by atoms with E-state index in [1.54, 1.807) is 0 Å². The van der Waals surface area contributed by atoms with E-state index in [2.05, 4.69) is 19.2 Å². The summed E-state index contributed by atoms with van der Waals surface area (Å²) >= 11 is 0. The molecule has 0 bridgehead atoms. The molecule has 1 N–H and O–H groups in total. The zero-order valence-electron chi connectivity index (χ0n) is 16.3. The quantitative estimate of drug-likeness (QED) is 0.691.